The largest absolute Gasteiger partial charge is 0.330 e. The number of hydrogen-bond acceptors (Lipinski definition) is 2. The molecule has 0 atom stereocenters. The number of aromatic nitrogens is 2. The van der Waals surface area contributed by atoms with Gasteiger partial charge in [-0.1, -0.05) is 0 Å². The van der Waals surface area contributed by atoms with Crippen LogP contribution in [0.1, 0.15) is 12.0 Å². The van der Waals surface area contributed by atoms with E-state index in [9.17, 15) is 4.39 Å². The fourth-order valence-electron chi connectivity index (χ4n) is 0.928. The zero-order valence-corrected chi connectivity index (χ0v) is 6.55. The van der Waals surface area contributed by atoms with E-state index in [4.69, 9.17) is 5.73 Å². The summed E-state index contributed by atoms with van der Waals surface area (Å²) >= 11 is 0. The molecule has 0 saturated heterocycles. The molecule has 3 nitrogen and oxygen atoms in total. The molecule has 1 aromatic rings. The first-order valence-electron chi connectivity index (χ1n) is 3.62. The van der Waals surface area contributed by atoms with Gasteiger partial charge in [0.25, 0.3) is 0 Å². The highest BCUT2D eigenvalue weighted by atomic mass is 19.1. The van der Waals surface area contributed by atoms with Gasteiger partial charge >= 0.3 is 0 Å². The Kier molecular flexibility index (Phi) is 2.59. The Hall–Kier alpha value is -0.900. The van der Waals surface area contributed by atoms with Gasteiger partial charge < -0.3 is 5.73 Å². The molecule has 11 heavy (non-hydrogen) atoms. The van der Waals surface area contributed by atoms with E-state index < -0.39 is 0 Å². The van der Waals surface area contributed by atoms with Crippen LogP contribution >= 0.6 is 0 Å². The molecular formula is C7H12FN3. The van der Waals surface area contributed by atoms with E-state index in [1.165, 1.54) is 4.68 Å². The average Bonchev–Trinajstić information content (AvgIpc) is 2.31. The number of nitrogens with two attached hydrogens (primary N) is 1. The molecule has 0 amide bonds. The first kappa shape index (κ1) is 8.20. The van der Waals surface area contributed by atoms with E-state index >= 15 is 0 Å². The third kappa shape index (κ3) is 1.77. The van der Waals surface area contributed by atoms with Gasteiger partial charge in [-0.2, -0.15) is 9.49 Å². The van der Waals surface area contributed by atoms with Crippen molar-refractivity contribution in [1.29, 1.82) is 0 Å². The van der Waals surface area contributed by atoms with Gasteiger partial charge in [-0.05, 0) is 19.4 Å². The van der Waals surface area contributed by atoms with Crippen LogP contribution in [0.5, 0.6) is 0 Å². The van der Waals surface area contributed by atoms with E-state index in [0.717, 1.165) is 6.42 Å². The SMILES string of the molecule is Cn1ncc(CCCN)c1F. The number of halogens is 1. The lowest BCUT2D eigenvalue weighted by Gasteiger charge is -1.94. The first-order chi connectivity index (χ1) is 5.25. The van der Waals surface area contributed by atoms with Gasteiger partial charge in [0.05, 0.1) is 6.20 Å². The molecule has 1 aromatic heterocycles. The second-order valence-corrected chi connectivity index (χ2v) is 2.48. The second kappa shape index (κ2) is 3.48. The summed E-state index contributed by atoms with van der Waals surface area (Å²) in [5, 5.41) is 3.77. The summed E-state index contributed by atoms with van der Waals surface area (Å²) in [7, 11) is 1.58. The van der Waals surface area contributed by atoms with E-state index in [0.29, 0.717) is 18.5 Å². The van der Waals surface area contributed by atoms with Gasteiger partial charge in [-0.15, -0.1) is 0 Å². The zero-order valence-electron chi connectivity index (χ0n) is 6.55. The zero-order chi connectivity index (χ0) is 8.27. The maximum atomic E-state index is 12.9. The van der Waals surface area contributed by atoms with Crippen molar-refractivity contribution in [3.05, 3.63) is 17.7 Å². The van der Waals surface area contributed by atoms with Crippen LogP contribution in [0.3, 0.4) is 0 Å². The molecule has 1 rings (SSSR count). The first-order valence-corrected chi connectivity index (χ1v) is 3.62. The number of rotatable bonds is 3. The van der Waals surface area contributed by atoms with Gasteiger partial charge in [-0.3, -0.25) is 0 Å². The molecule has 0 aliphatic heterocycles. The summed E-state index contributed by atoms with van der Waals surface area (Å²) in [6.45, 7) is 0.592. The fraction of sp³-hybridized carbons (Fsp3) is 0.571. The maximum absolute atomic E-state index is 12.9. The van der Waals surface area contributed by atoms with Crippen LogP contribution in [0.4, 0.5) is 4.39 Å². The number of hydrogen-bond donors (Lipinski definition) is 1. The average molecular weight is 157 g/mol. The summed E-state index contributed by atoms with van der Waals surface area (Å²) in [4.78, 5) is 0. The van der Waals surface area contributed by atoms with Gasteiger partial charge in [0.2, 0.25) is 5.95 Å². The highest BCUT2D eigenvalue weighted by molar-refractivity contribution is 5.06. The third-order valence-electron chi connectivity index (χ3n) is 1.59. The molecule has 0 spiro atoms. The van der Waals surface area contributed by atoms with Crippen LogP contribution in [0.2, 0.25) is 0 Å². The predicted molar refractivity (Wildman–Crippen MR) is 40.5 cm³/mol. The van der Waals surface area contributed by atoms with E-state index in [1.807, 2.05) is 0 Å². The van der Waals surface area contributed by atoms with Gasteiger partial charge in [0.15, 0.2) is 0 Å². The molecule has 0 unspecified atom stereocenters. The molecule has 0 fully saturated rings. The van der Waals surface area contributed by atoms with Crippen molar-refractivity contribution in [3.8, 4) is 0 Å². The molecule has 4 heteroatoms. The minimum atomic E-state index is -0.251. The smallest absolute Gasteiger partial charge is 0.214 e. The molecule has 0 saturated carbocycles. The Balaban J connectivity index is 2.63. The lowest BCUT2D eigenvalue weighted by Crippen LogP contribution is -2.01. The third-order valence-corrected chi connectivity index (χ3v) is 1.59. The summed E-state index contributed by atoms with van der Waals surface area (Å²) in [5.41, 5.74) is 5.93. The van der Waals surface area contributed by atoms with Crippen molar-refractivity contribution >= 4 is 0 Å². The van der Waals surface area contributed by atoms with Crippen LogP contribution < -0.4 is 5.73 Å². The lowest BCUT2D eigenvalue weighted by atomic mass is 10.2. The Bertz CT molecular complexity index is 232. The van der Waals surface area contributed by atoms with Crippen LogP contribution in [0, 0.1) is 5.95 Å². The predicted octanol–water partition coefficient (Wildman–Crippen LogP) is 0.451. The molecule has 0 aromatic carbocycles. The normalized spacial score (nSPS) is 10.5. The topological polar surface area (TPSA) is 43.8 Å². The van der Waals surface area contributed by atoms with E-state index in [-0.39, 0.29) is 5.95 Å². The minimum absolute atomic E-state index is 0.251. The molecule has 2 N–H and O–H groups in total. The minimum Gasteiger partial charge on any atom is -0.330 e. The van der Waals surface area contributed by atoms with Crippen molar-refractivity contribution in [2.24, 2.45) is 12.8 Å². The van der Waals surface area contributed by atoms with Gasteiger partial charge in [-0.25, -0.2) is 4.68 Å². The summed E-state index contributed by atoms with van der Waals surface area (Å²) < 4.78 is 14.2. The van der Waals surface area contributed by atoms with E-state index in [1.54, 1.807) is 13.2 Å². The van der Waals surface area contributed by atoms with Crippen LogP contribution in [0.25, 0.3) is 0 Å². The highest BCUT2D eigenvalue weighted by Crippen LogP contribution is 2.06. The fourth-order valence-corrected chi connectivity index (χ4v) is 0.928. The van der Waals surface area contributed by atoms with Crippen molar-refractivity contribution in [1.82, 2.24) is 9.78 Å². The number of aryl methyl sites for hydroxylation is 2. The Labute approximate surface area is 65.0 Å². The molecular weight excluding hydrogens is 145 g/mol. The van der Waals surface area contributed by atoms with Crippen molar-refractivity contribution in [2.45, 2.75) is 12.8 Å². The quantitative estimate of drug-likeness (QED) is 0.692. The van der Waals surface area contributed by atoms with Gasteiger partial charge in [0.1, 0.15) is 0 Å². The molecule has 1 heterocycles. The second-order valence-electron chi connectivity index (χ2n) is 2.48. The molecule has 0 bridgehead atoms. The Morgan fingerprint density at radius 2 is 2.45 bits per heavy atom. The molecule has 0 radical (unpaired) electrons. The highest BCUT2D eigenvalue weighted by Gasteiger charge is 2.05. The van der Waals surface area contributed by atoms with Crippen LogP contribution in [-0.2, 0) is 13.5 Å². The van der Waals surface area contributed by atoms with Crippen molar-refractivity contribution in [3.63, 3.8) is 0 Å². The lowest BCUT2D eigenvalue weighted by molar-refractivity contribution is 0.494. The maximum Gasteiger partial charge on any atom is 0.214 e. The Morgan fingerprint density at radius 3 is 2.91 bits per heavy atom. The summed E-state index contributed by atoms with van der Waals surface area (Å²) in [6.07, 6.45) is 3.03. The monoisotopic (exact) mass is 157 g/mol. The van der Waals surface area contributed by atoms with Crippen LogP contribution in [-0.4, -0.2) is 16.3 Å². The Morgan fingerprint density at radius 1 is 1.73 bits per heavy atom. The van der Waals surface area contributed by atoms with Crippen molar-refractivity contribution in [2.75, 3.05) is 6.54 Å². The van der Waals surface area contributed by atoms with Crippen LogP contribution in [0.15, 0.2) is 6.20 Å². The van der Waals surface area contributed by atoms with Gasteiger partial charge in [0, 0.05) is 12.6 Å². The van der Waals surface area contributed by atoms with E-state index in [2.05, 4.69) is 5.10 Å². The number of nitrogens with zero attached hydrogens (tertiary/aromatic N) is 2. The van der Waals surface area contributed by atoms with Crippen molar-refractivity contribution < 1.29 is 4.39 Å². The molecule has 0 aliphatic carbocycles. The summed E-state index contributed by atoms with van der Waals surface area (Å²) in [6, 6.07) is 0. The summed E-state index contributed by atoms with van der Waals surface area (Å²) in [5.74, 6) is -0.251. The molecule has 62 valence electrons. The molecule has 0 aliphatic rings. The standard InChI is InChI=1S/C7H12FN3/c1-11-7(8)6(5-10-11)3-2-4-9/h5H,2-4,9H2,1H3.